The van der Waals surface area contributed by atoms with Crippen LogP contribution in [-0.2, 0) is 15.8 Å². The van der Waals surface area contributed by atoms with Gasteiger partial charge in [-0.05, 0) is 42.0 Å². The molecule has 0 spiro atoms. The average Bonchev–Trinajstić information content (AvgIpc) is 3.38. The summed E-state index contributed by atoms with van der Waals surface area (Å²) in [5.74, 6) is 0.835. The second-order valence-corrected chi connectivity index (χ2v) is 9.80. The third-order valence-corrected chi connectivity index (χ3v) is 7.62. The number of phenols is 1. The largest absolute Gasteiger partial charge is 0.508 e. The van der Waals surface area contributed by atoms with Gasteiger partial charge >= 0.3 is 0 Å². The Morgan fingerprint density at radius 3 is 2.69 bits per heavy atom. The number of rotatable bonds is 7. The Morgan fingerprint density at radius 2 is 1.93 bits per heavy atom. The maximum atomic E-state index is 12.6. The van der Waals surface area contributed by atoms with Gasteiger partial charge in [-0.1, -0.05) is 30.0 Å². The molecule has 0 amide bonds. The SMILES string of the molecule is O=S(=O)(Nc1nc(SCc2ccc(O)cc2)n[nH]1)c1ccc(-c2ccccn2)s1. The Morgan fingerprint density at radius 1 is 1.10 bits per heavy atom. The number of aromatic amines is 1. The van der Waals surface area contributed by atoms with Crippen molar-refractivity contribution in [2.24, 2.45) is 0 Å². The van der Waals surface area contributed by atoms with Crippen molar-refractivity contribution in [1.82, 2.24) is 20.2 Å². The van der Waals surface area contributed by atoms with Crippen molar-refractivity contribution in [2.45, 2.75) is 15.1 Å². The Kier molecular flexibility index (Phi) is 5.51. The number of anilines is 1. The van der Waals surface area contributed by atoms with E-state index in [9.17, 15) is 13.5 Å². The molecule has 29 heavy (non-hydrogen) atoms. The standard InChI is InChI=1S/C18H15N5O3S3/c24-13-6-4-12(5-7-13)11-27-18-20-17(21-22-18)23-29(25,26)16-9-8-15(28-16)14-3-1-2-10-19-14/h1-10,24H,11H2,(H2,20,21,22,23). The average molecular weight is 446 g/mol. The number of sulfonamides is 1. The maximum Gasteiger partial charge on any atom is 0.273 e. The zero-order chi connectivity index (χ0) is 20.3. The van der Waals surface area contributed by atoms with E-state index in [1.54, 1.807) is 42.6 Å². The van der Waals surface area contributed by atoms with Gasteiger partial charge in [0, 0.05) is 11.9 Å². The highest BCUT2D eigenvalue weighted by Gasteiger charge is 2.20. The van der Waals surface area contributed by atoms with Crippen molar-refractivity contribution < 1.29 is 13.5 Å². The highest BCUT2D eigenvalue weighted by molar-refractivity contribution is 7.98. The van der Waals surface area contributed by atoms with Gasteiger partial charge in [0.15, 0.2) is 0 Å². The number of thiophene rings is 1. The molecule has 0 aliphatic rings. The Balaban J connectivity index is 1.42. The summed E-state index contributed by atoms with van der Waals surface area (Å²) in [4.78, 5) is 9.16. The molecule has 148 valence electrons. The monoisotopic (exact) mass is 445 g/mol. The van der Waals surface area contributed by atoms with Crippen molar-refractivity contribution in [2.75, 3.05) is 4.72 Å². The number of aromatic nitrogens is 4. The van der Waals surface area contributed by atoms with Crippen molar-refractivity contribution >= 4 is 39.1 Å². The topological polar surface area (TPSA) is 121 Å². The predicted molar refractivity (Wildman–Crippen MR) is 112 cm³/mol. The first-order valence-corrected chi connectivity index (χ1v) is 11.7. The molecule has 0 unspecified atom stereocenters. The molecule has 8 nitrogen and oxygen atoms in total. The quantitative estimate of drug-likeness (QED) is 0.371. The number of thioether (sulfide) groups is 1. The van der Waals surface area contributed by atoms with E-state index in [1.165, 1.54) is 17.8 Å². The molecule has 11 heteroatoms. The molecule has 0 saturated carbocycles. The molecule has 0 atom stereocenters. The lowest BCUT2D eigenvalue weighted by molar-refractivity contribution is 0.475. The Labute approximate surface area is 175 Å². The van der Waals surface area contributed by atoms with Crippen LogP contribution in [0.3, 0.4) is 0 Å². The molecule has 0 bridgehead atoms. The Bertz CT molecular complexity index is 1210. The molecular formula is C18H15N5O3S3. The molecule has 0 fully saturated rings. The van der Waals surface area contributed by atoms with E-state index in [-0.39, 0.29) is 15.9 Å². The van der Waals surface area contributed by atoms with E-state index in [0.717, 1.165) is 21.8 Å². The maximum absolute atomic E-state index is 12.6. The van der Waals surface area contributed by atoms with E-state index in [2.05, 4.69) is 24.9 Å². The molecule has 0 saturated heterocycles. The molecule has 0 radical (unpaired) electrons. The van der Waals surface area contributed by atoms with Gasteiger partial charge in [-0.25, -0.2) is 18.2 Å². The number of aromatic hydroxyl groups is 1. The summed E-state index contributed by atoms with van der Waals surface area (Å²) in [6.45, 7) is 0. The van der Waals surface area contributed by atoms with Crippen molar-refractivity contribution in [3.8, 4) is 16.3 Å². The number of nitrogens with one attached hydrogen (secondary N) is 2. The van der Waals surface area contributed by atoms with E-state index in [1.807, 2.05) is 12.1 Å². The van der Waals surface area contributed by atoms with Gasteiger partial charge in [-0.2, -0.15) is 4.98 Å². The fourth-order valence-electron chi connectivity index (χ4n) is 2.38. The lowest BCUT2D eigenvalue weighted by Gasteiger charge is -2.01. The summed E-state index contributed by atoms with van der Waals surface area (Å²) in [5, 5.41) is 16.3. The van der Waals surface area contributed by atoms with Crippen LogP contribution in [0.4, 0.5) is 5.95 Å². The molecule has 4 aromatic rings. The van der Waals surface area contributed by atoms with Crippen LogP contribution in [0, 0.1) is 0 Å². The highest BCUT2D eigenvalue weighted by Crippen LogP contribution is 2.30. The molecule has 3 heterocycles. The van der Waals surface area contributed by atoms with Gasteiger partial charge in [0.1, 0.15) is 9.96 Å². The minimum Gasteiger partial charge on any atom is -0.508 e. The van der Waals surface area contributed by atoms with Crippen molar-refractivity contribution in [3.05, 3.63) is 66.4 Å². The summed E-state index contributed by atoms with van der Waals surface area (Å²) < 4.78 is 27.8. The van der Waals surface area contributed by atoms with Crippen LogP contribution < -0.4 is 4.72 Å². The molecule has 1 aromatic carbocycles. The third-order valence-electron chi connectivity index (χ3n) is 3.76. The molecule has 0 aliphatic heterocycles. The van der Waals surface area contributed by atoms with E-state index < -0.39 is 10.0 Å². The molecular weight excluding hydrogens is 430 g/mol. The van der Waals surface area contributed by atoms with Gasteiger partial charge in [0.2, 0.25) is 11.1 Å². The van der Waals surface area contributed by atoms with Gasteiger partial charge in [-0.3, -0.25) is 4.98 Å². The van der Waals surface area contributed by atoms with Crippen LogP contribution in [0.15, 0.2) is 70.2 Å². The molecule has 0 aliphatic carbocycles. The van der Waals surface area contributed by atoms with Crippen LogP contribution in [0.5, 0.6) is 5.75 Å². The molecule has 3 N–H and O–H groups in total. The first-order valence-electron chi connectivity index (χ1n) is 8.37. The fraction of sp³-hybridized carbons (Fsp3) is 0.0556. The smallest absolute Gasteiger partial charge is 0.273 e. The number of pyridine rings is 1. The van der Waals surface area contributed by atoms with Gasteiger partial charge in [0.05, 0.1) is 10.6 Å². The number of benzene rings is 1. The predicted octanol–water partition coefficient (Wildman–Crippen LogP) is 3.73. The molecule has 4 rings (SSSR count). The first-order chi connectivity index (χ1) is 14.0. The number of H-pyrrole nitrogens is 1. The highest BCUT2D eigenvalue weighted by atomic mass is 32.2. The zero-order valence-electron chi connectivity index (χ0n) is 14.8. The summed E-state index contributed by atoms with van der Waals surface area (Å²) in [6, 6.07) is 15.5. The van der Waals surface area contributed by atoms with Crippen molar-refractivity contribution in [3.63, 3.8) is 0 Å². The Hall–Kier alpha value is -2.89. The van der Waals surface area contributed by atoms with Crippen molar-refractivity contribution in [1.29, 1.82) is 0 Å². The minimum absolute atomic E-state index is 0.0472. The number of hydrogen-bond acceptors (Lipinski definition) is 8. The summed E-state index contributed by atoms with van der Waals surface area (Å²) in [7, 11) is -3.79. The normalized spacial score (nSPS) is 11.4. The lowest BCUT2D eigenvalue weighted by Crippen LogP contribution is -2.12. The van der Waals surface area contributed by atoms with Crippen LogP contribution >= 0.6 is 23.1 Å². The van der Waals surface area contributed by atoms with Crippen LogP contribution in [0.25, 0.3) is 10.6 Å². The fourth-order valence-corrected chi connectivity index (χ4v) is 5.38. The number of nitrogens with zero attached hydrogens (tertiary/aromatic N) is 3. The summed E-state index contributed by atoms with van der Waals surface area (Å²) in [5.41, 5.74) is 1.70. The third kappa shape index (κ3) is 4.75. The van der Waals surface area contributed by atoms with E-state index in [4.69, 9.17) is 0 Å². The van der Waals surface area contributed by atoms with Crippen LogP contribution in [0.2, 0.25) is 0 Å². The van der Waals surface area contributed by atoms with Gasteiger partial charge in [0.25, 0.3) is 10.0 Å². The molecule has 3 aromatic heterocycles. The van der Waals surface area contributed by atoms with E-state index >= 15 is 0 Å². The van der Waals surface area contributed by atoms with E-state index in [0.29, 0.717) is 16.6 Å². The second-order valence-electron chi connectivity index (χ2n) is 5.86. The van der Waals surface area contributed by atoms with Crippen LogP contribution in [-0.4, -0.2) is 33.7 Å². The summed E-state index contributed by atoms with van der Waals surface area (Å²) >= 11 is 2.47. The zero-order valence-corrected chi connectivity index (χ0v) is 17.3. The van der Waals surface area contributed by atoms with Gasteiger partial charge in [-0.15, -0.1) is 16.4 Å². The number of phenolic OH excluding ortho intramolecular Hbond substituents is 1. The van der Waals surface area contributed by atoms with Gasteiger partial charge < -0.3 is 5.11 Å². The first kappa shape index (κ1) is 19.4. The minimum atomic E-state index is -3.79. The lowest BCUT2D eigenvalue weighted by atomic mass is 10.2. The second kappa shape index (κ2) is 8.23. The summed E-state index contributed by atoms with van der Waals surface area (Å²) in [6.07, 6.45) is 1.66. The van der Waals surface area contributed by atoms with Crippen LogP contribution in [0.1, 0.15) is 5.56 Å². The number of hydrogen-bond donors (Lipinski definition) is 3.